The Morgan fingerprint density at radius 1 is 1.32 bits per heavy atom. The van der Waals surface area contributed by atoms with Crippen molar-refractivity contribution in [3.05, 3.63) is 41.2 Å². The topological polar surface area (TPSA) is 84.1 Å². The van der Waals surface area contributed by atoms with Crippen LogP contribution in [0.2, 0.25) is 0 Å². The highest BCUT2D eigenvalue weighted by Crippen LogP contribution is 2.08. The van der Waals surface area contributed by atoms with Crippen molar-refractivity contribution in [2.45, 2.75) is 13.1 Å². The number of hydrogen-bond donors (Lipinski definition) is 1. The Hall–Kier alpha value is -2.28. The monoisotopic (exact) mass is 261 g/mol. The molecule has 2 aromatic rings. The van der Waals surface area contributed by atoms with E-state index in [4.69, 9.17) is 5.11 Å². The van der Waals surface area contributed by atoms with Gasteiger partial charge in [-0.25, -0.2) is 4.79 Å². The molecule has 0 fully saturated rings. The van der Waals surface area contributed by atoms with Gasteiger partial charge in [-0.15, -0.1) is 10.2 Å². The molecular weight excluding hydrogens is 246 g/mol. The highest BCUT2D eigenvalue weighted by atomic mass is 16.4. The molecule has 0 spiro atoms. The van der Waals surface area contributed by atoms with Crippen LogP contribution >= 0.6 is 0 Å². The molecule has 1 aromatic heterocycles. The van der Waals surface area contributed by atoms with Crippen LogP contribution in [0.3, 0.4) is 0 Å². The van der Waals surface area contributed by atoms with Crippen LogP contribution in [0, 0.1) is 0 Å². The summed E-state index contributed by atoms with van der Waals surface area (Å²) < 4.78 is 0. The normalized spacial score (nSPS) is 10.9. The third kappa shape index (κ3) is 3.59. The van der Waals surface area contributed by atoms with Crippen LogP contribution in [-0.4, -0.2) is 43.2 Å². The number of aromatic carboxylic acids is 1. The second kappa shape index (κ2) is 5.57. The number of carbonyl (C=O) groups is 1. The highest BCUT2D eigenvalue weighted by Gasteiger charge is 2.07. The van der Waals surface area contributed by atoms with Crippen molar-refractivity contribution in [2.24, 2.45) is 7.05 Å². The van der Waals surface area contributed by atoms with Gasteiger partial charge in [0, 0.05) is 6.54 Å². The van der Waals surface area contributed by atoms with E-state index in [-0.39, 0.29) is 0 Å². The molecule has 0 aliphatic carbocycles. The van der Waals surface area contributed by atoms with Gasteiger partial charge in [-0.2, -0.15) is 4.80 Å². The Morgan fingerprint density at radius 2 is 2.00 bits per heavy atom. The molecule has 1 aromatic carbocycles. The molecule has 0 radical (unpaired) electrons. The zero-order chi connectivity index (χ0) is 13.8. The predicted octanol–water partition coefficient (Wildman–Crippen LogP) is 0.540. The minimum atomic E-state index is -0.913. The number of aromatic nitrogens is 4. The van der Waals surface area contributed by atoms with E-state index in [1.165, 1.54) is 4.80 Å². The van der Waals surface area contributed by atoms with Crippen molar-refractivity contribution < 1.29 is 9.90 Å². The van der Waals surface area contributed by atoms with Crippen molar-refractivity contribution in [3.63, 3.8) is 0 Å². The third-order valence-corrected chi connectivity index (χ3v) is 2.61. The molecule has 100 valence electrons. The quantitative estimate of drug-likeness (QED) is 0.845. The fourth-order valence-electron chi connectivity index (χ4n) is 1.75. The van der Waals surface area contributed by atoms with E-state index in [0.717, 1.165) is 5.56 Å². The number of tetrazole rings is 1. The molecule has 0 aliphatic heterocycles. The molecule has 0 saturated heterocycles. The zero-order valence-corrected chi connectivity index (χ0v) is 10.8. The van der Waals surface area contributed by atoms with Gasteiger partial charge in [-0.3, -0.25) is 4.90 Å². The Morgan fingerprint density at radius 3 is 2.53 bits per heavy atom. The smallest absolute Gasteiger partial charge is 0.335 e. The molecule has 7 heteroatoms. The number of nitrogens with zero attached hydrogens (tertiary/aromatic N) is 5. The van der Waals surface area contributed by atoms with Gasteiger partial charge in [0.25, 0.3) is 0 Å². The minimum Gasteiger partial charge on any atom is -0.478 e. The van der Waals surface area contributed by atoms with E-state index in [2.05, 4.69) is 15.4 Å². The van der Waals surface area contributed by atoms with Gasteiger partial charge >= 0.3 is 5.97 Å². The number of rotatable bonds is 5. The molecule has 0 atom stereocenters. The lowest BCUT2D eigenvalue weighted by Gasteiger charge is -2.14. The van der Waals surface area contributed by atoms with E-state index >= 15 is 0 Å². The maximum absolute atomic E-state index is 10.7. The van der Waals surface area contributed by atoms with Crippen molar-refractivity contribution in [3.8, 4) is 0 Å². The Balaban J connectivity index is 1.94. The average molecular weight is 261 g/mol. The van der Waals surface area contributed by atoms with Crippen molar-refractivity contribution in [2.75, 3.05) is 7.05 Å². The van der Waals surface area contributed by atoms with Gasteiger partial charge in [0.15, 0.2) is 5.82 Å². The minimum absolute atomic E-state index is 0.294. The number of aryl methyl sites for hydroxylation is 1. The van der Waals surface area contributed by atoms with Crippen LogP contribution in [0.25, 0.3) is 0 Å². The number of benzene rings is 1. The van der Waals surface area contributed by atoms with Crippen LogP contribution in [0.1, 0.15) is 21.7 Å². The summed E-state index contributed by atoms with van der Waals surface area (Å²) in [5.41, 5.74) is 1.33. The summed E-state index contributed by atoms with van der Waals surface area (Å²) in [5, 5.41) is 20.6. The number of carboxylic acid groups (broad SMARTS) is 1. The molecule has 0 amide bonds. The van der Waals surface area contributed by atoms with Crippen LogP contribution < -0.4 is 0 Å². The maximum atomic E-state index is 10.7. The molecule has 19 heavy (non-hydrogen) atoms. The van der Waals surface area contributed by atoms with Crippen molar-refractivity contribution in [1.29, 1.82) is 0 Å². The summed E-state index contributed by atoms with van der Waals surface area (Å²) in [5.74, 6) is -0.254. The Labute approximate surface area is 110 Å². The molecule has 0 aliphatic rings. The summed E-state index contributed by atoms with van der Waals surface area (Å²) in [7, 11) is 3.67. The average Bonchev–Trinajstić information content (AvgIpc) is 2.75. The highest BCUT2D eigenvalue weighted by molar-refractivity contribution is 5.87. The summed E-state index contributed by atoms with van der Waals surface area (Å²) in [6, 6.07) is 6.83. The summed E-state index contributed by atoms with van der Waals surface area (Å²) >= 11 is 0. The molecule has 2 rings (SSSR count). The zero-order valence-electron chi connectivity index (χ0n) is 10.8. The first-order valence-corrected chi connectivity index (χ1v) is 5.78. The molecular formula is C12H15N5O2. The van der Waals surface area contributed by atoms with Crippen molar-refractivity contribution in [1.82, 2.24) is 25.1 Å². The molecule has 1 heterocycles. The van der Waals surface area contributed by atoms with E-state index in [1.807, 2.05) is 24.1 Å². The standard InChI is InChI=1S/C12H15N5O2/c1-16(8-11-13-15-17(2)14-11)7-9-3-5-10(6-4-9)12(18)19/h3-6H,7-8H2,1-2H3,(H,18,19). The largest absolute Gasteiger partial charge is 0.478 e. The molecule has 7 nitrogen and oxygen atoms in total. The molecule has 0 bridgehead atoms. The maximum Gasteiger partial charge on any atom is 0.335 e. The predicted molar refractivity (Wildman–Crippen MR) is 67.4 cm³/mol. The summed E-state index contributed by atoms with van der Waals surface area (Å²) in [4.78, 5) is 14.2. The summed E-state index contributed by atoms with van der Waals surface area (Å²) in [6.07, 6.45) is 0. The van der Waals surface area contributed by atoms with Gasteiger partial charge in [0.2, 0.25) is 0 Å². The Kier molecular flexibility index (Phi) is 3.86. The lowest BCUT2D eigenvalue weighted by Crippen LogP contribution is -2.18. The van der Waals surface area contributed by atoms with Crippen LogP contribution in [-0.2, 0) is 20.1 Å². The number of hydrogen-bond acceptors (Lipinski definition) is 5. The second-order valence-corrected chi connectivity index (χ2v) is 4.37. The van der Waals surface area contributed by atoms with Gasteiger partial charge in [0.05, 0.1) is 19.2 Å². The SMILES string of the molecule is CN(Cc1ccc(C(=O)O)cc1)Cc1nnn(C)n1. The summed E-state index contributed by atoms with van der Waals surface area (Å²) in [6.45, 7) is 1.28. The van der Waals surface area contributed by atoms with Gasteiger partial charge in [-0.1, -0.05) is 12.1 Å². The first kappa shape index (κ1) is 13.2. The van der Waals surface area contributed by atoms with Gasteiger partial charge < -0.3 is 5.11 Å². The number of carboxylic acids is 1. The van der Waals surface area contributed by atoms with Gasteiger partial charge in [-0.05, 0) is 30.0 Å². The van der Waals surface area contributed by atoms with E-state index in [9.17, 15) is 4.79 Å². The Bertz CT molecular complexity index is 564. The van der Waals surface area contributed by atoms with E-state index in [1.54, 1.807) is 19.2 Å². The fraction of sp³-hybridized carbons (Fsp3) is 0.333. The van der Waals surface area contributed by atoms with E-state index in [0.29, 0.717) is 24.5 Å². The third-order valence-electron chi connectivity index (χ3n) is 2.61. The lowest BCUT2D eigenvalue weighted by molar-refractivity contribution is 0.0697. The molecule has 0 unspecified atom stereocenters. The van der Waals surface area contributed by atoms with Crippen LogP contribution in [0.5, 0.6) is 0 Å². The fourth-order valence-corrected chi connectivity index (χ4v) is 1.75. The van der Waals surface area contributed by atoms with Crippen molar-refractivity contribution >= 4 is 5.97 Å². The van der Waals surface area contributed by atoms with E-state index < -0.39 is 5.97 Å². The van der Waals surface area contributed by atoms with Crippen LogP contribution in [0.4, 0.5) is 0 Å². The second-order valence-electron chi connectivity index (χ2n) is 4.37. The first-order chi connectivity index (χ1) is 9.04. The molecule has 1 N–H and O–H groups in total. The van der Waals surface area contributed by atoms with Gasteiger partial charge in [0.1, 0.15) is 0 Å². The first-order valence-electron chi connectivity index (χ1n) is 5.78. The lowest BCUT2D eigenvalue weighted by atomic mass is 10.1. The molecule has 0 saturated carbocycles. The van der Waals surface area contributed by atoms with Crippen LogP contribution in [0.15, 0.2) is 24.3 Å².